The lowest BCUT2D eigenvalue weighted by Gasteiger charge is -2.34. The molecule has 0 aromatic carbocycles. The zero-order valence-corrected chi connectivity index (χ0v) is 14.1. The van der Waals surface area contributed by atoms with Gasteiger partial charge in [-0.05, 0) is 12.2 Å². The van der Waals surface area contributed by atoms with E-state index in [1.807, 2.05) is 11.8 Å². The number of rotatable bonds is 7. The lowest BCUT2D eigenvalue weighted by atomic mass is 10.2. The average molecular weight is 302 g/mol. The van der Waals surface area contributed by atoms with Gasteiger partial charge in [0.15, 0.2) is 5.96 Å². The van der Waals surface area contributed by atoms with E-state index in [4.69, 9.17) is 4.74 Å². The fourth-order valence-electron chi connectivity index (χ4n) is 2.29. The van der Waals surface area contributed by atoms with Gasteiger partial charge in [0.1, 0.15) is 0 Å². The first kappa shape index (κ1) is 17.6. The van der Waals surface area contributed by atoms with Crippen LogP contribution in [-0.4, -0.2) is 75.4 Å². The summed E-state index contributed by atoms with van der Waals surface area (Å²) in [5.74, 6) is 2.66. The van der Waals surface area contributed by atoms with Gasteiger partial charge in [0.25, 0.3) is 0 Å². The summed E-state index contributed by atoms with van der Waals surface area (Å²) >= 11 is 1.83. The van der Waals surface area contributed by atoms with E-state index in [2.05, 4.69) is 40.6 Å². The van der Waals surface area contributed by atoms with E-state index in [0.29, 0.717) is 5.92 Å². The summed E-state index contributed by atoms with van der Waals surface area (Å²) in [7, 11) is 1.81. The van der Waals surface area contributed by atoms with Crippen LogP contribution in [0.15, 0.2) is 4.99 Å². The van der Waals surface area contributed by atoms with Gasteiger partial charge >= 0.3 is 0 Å². The number of hydrogen-bond donors (Lipinski definition) is 2. The molecule has 0 amide bonds. The Morgan fingerprint density at radius 1 is 1.45 bits per heavy atom. The van der Waals surface area contributed by atoms with Crippen LogP contribution in [0.1, 0.15) is 13.8 Å². The van der Waals surface area contributed by atoms with Gasteiger partial charge in [0.05, 0.1) is 12.7 Å². The number of ether oxygens (including phenoxy) is 1. The van der Waals surface area contributed by atoms with Gasteiger partial charge in [0.2, 0.25) is 0 Å². The van der Waals surface area contributed by atoms with Crippen molar-refractivity contribution in [3.8, 4) is 0 Å². The zero-order valence-electron chi connectivity index (χ0n) is 13.3. The molecule has 1 saturated heterocycles. The highest BCUT2D eigenvalue weighted by Gasteiger charge is 2.20. The lowest BCUT2D eigenvalue weighted by Crippen LogP contribution is -2.50. The van der Waals surface area contributed by atoms with Crippen molar-refractivity contribution in [2.24, 2.45) is 10.9 Å². The number of morpholine rings is 1. The maximum Gasteiger partial charge on any atom is 0.191 e. The Balaban J connectivity index is 2.25. The van der Waals surface area contributed by atoms with Crippen molar-refractivity contribution in [2.45, 2.75) is 20.0 Å². The number of nitrogens with one attached hydrogen (secondary N) is 2. The van der Waals surface area contributed by atoms with E-state index in [1.165, 1.54) is 0 Å². The molecule has 5 nitrogen and oxygen atoms in total. The molecule has 0 aromatic rings. The summed E-state index contributed by atoms with van der Waals surface area (Å²) < 4.78 is 5.82. The molecule has 0 bridgehead atoms. The summed E-state index contributed by atoms with van der Waals surface area (Å²) in [4.78, 5) is 6.72. The molecular weight excluding hydrogens is 272 g/mol. The molecule has 6 heteroatoms. The van der Waals surface area contributed by atoms with Crippen LogP contribution in [0.2, 0.25) is 0 Å². The van der Waals surface area contributed by atoms with Crippen LogP contribution in [0.4, 0.5) is 0 Å². The molecule has 1 heterocycles. The molecule has 2 N–H and O–H groups in total. The number of aliphatic imine (C=N–C) groups is 1. The second kappa shape index (κ2) is 10.3. The molecule has 1 atom stereocenters. The number of hydrogen-bond acceptors (Lipinski definition) is 4. The summed E-state index contributed by atoms with van der Waals surface area (Å²) in [6.45, 7) is 10.3. The first-order chi connectivity index (χ1) is 9.65. The molecule has 1 fully saturated rings. The van der Waals surface area contributed by atoms with E-state index in [9.17, 15) is 0 Å². The third-order valence-electron chi connectivity index (χ3n) is 3.17. The second-order valence-corrected chi connectivity index (χ2v) is 6.50. The van der Waals surface area contributed by atoms with Crippen molar-refractivity contribution in [1.29, 1.82) is 0 Å². The summed E-state index contributed by atoms with van der Waals surface area (Å²) in [5.41, 5.74) is 0. The molecule has 1 aliphatic rings. The Bertz CT molecular complexity index is 286. The third-order valence-corrected chi connectivity index (χ3v) is 3.78. The Morgan fingerprint density at radius 2 is 2.25 bits per heavy atom. The highest BCUT2D eigenvalue weighted by molar-refractivity contribution is 7.98. The molecule has 0 aromatic heterocycles. The SMILES string of the molecule is CN=C(NCCSC)NCC1CN(CC(C)C)CCO1. The molecular formula is C14H30N4OS. The normalized spacial score (nSPS) is 21.2. The second-order valence-electron chi connectivity index (χ2n) is 5.52. The smallest absolute Gasteiger partial charge is 0.191 e. The first-order valence-corrected chi connectivity index (χ1v) is 8.82. The Labute approximate surface area is 127 Å². The molecule has 118 valence electrons. The van der Waals surface area contributed by atoms with Gasteiger partial charge in [-0.2, -0.15) is 11.8 Å². The van der Waals surface area contributed by atoms with E-state index in [1.54, 1.807) is 7.05 Å². The van der Waals surface area contributed by atoms with Crippen LogP contribution in [0.3, 0.4) is 0 Å². The van der Waals surface area contributed by atoms with Crippen molar-refractivity contribution >= 4 is 17.7 Å². The van der Waals surface area contributed by atoms with Crippen LogP contribution >= 0.6 is 11.8 Å². The maximum atomic E-state index is 5.82. The van der Waals surface area contributed by atoms with Crippen LogP contribution in [0, 0.1) is 5.92 Å². The Morgan fingerprint density at radius 3 is 2.90 bits per heavy atom. The predicted molar refractivity (Wildman–Crippen MR) is 88.8 cm³/mol. The van der Waals surface area contributed by atoms with Crippen LogP contribution in [-0.2, 0) is 4.74 Å². The monoisotopic (exact) mass is 302 g/mol. The molecule has 1 aliphatic heterocycles. The zero-order chi connectivity index (χ0) is 14.8. The van der Waals surface area contributed by atoms with Gasteiger partial charge in [-0.1, -0.05) is 13.8 Å². The fourth-order valence-corrected chi connectivity index (χ4v) is 2.59. The molecule has 0 spiro atoms. The minimum absolute atomic E-state index is 0.251. The Kier molecular flexibility index (Phi) is 9.05. The Hall–Kier alpha value is -0.460. The summed E-state index contributed by atoms with van der Waals surface area (Å²) in [6, 6.07) is 0. The average Bonchev–Trinajstić information content (AvgIpc) is 2.42. The fraction of sp³-hybridized carbons (Fsp3) is 0.929. The molecule has 0 aliphatic carbocycles. The lowest BCUT2D eigenvalue weighted by molar-refractivity contribution is -0.0284. The molecule has 0 saturated carbocycles. The van der Waals surface area contributed by atoms with Gasteiger partial charge in [-0.3, -0.25) is 9.89 Å². The quantitative estimate of drug-likeness (QED) is 0.415. The minimum atomic E-state index is 0.251. The van der Waals surface area contributed by atoms with Crippen molar-refractivity contribution in [2.75, 3.05) is 58.4 Å². The first-order valence-electron chi connectivity index (χ1n) is 7.43. The van der Waals surface area contributed by atoms with Crippen LogP contribution < -0.4 is 10.6 Å². The predicted octanol–water partition coefficient (Wildman–Crippen LogP) is 0.871. The maximum absolute atomic E-state index is 5.82. The third kappa shape index (κ3) is 7.36. The molecule has 20 heavy (non-hydrogen) atoms. The largest absolute Gasteiger partial charge is 0.374 e. The van der Waals surface area contributed by atoms with E-state index in [-0.39, 0.29) is 6.10 Å². The molecule has 0 radical (unpaired) electrons. The van der Waals surface area contributed by atoms with Crippen molar-refractivity contribution in [3.63, 3.8) is 0 Å². The number of thioether (sulfide) groups is 1. The van der Waals surface area contributed by atoms with E-state index in [0.717, 1.165) is 51.0 Å². The summed E-state index contributed by atoms with van der Waals surface area (Å²) in [5, 5.41) is 6.65. The highest BCUT2D eigenvalue weighted by Crippen LogP contribution is 2.07. The highest BCUT2D eigenvalue weighted by atomic mass is 32.2. The van der Waals surface area contributed by atoms with Gasteiger partial charge in [-0.15, -0.1) is 0 Å². The minimum Gasteiger partial charge on any atom is -0.374 e. The summed E-state index contributed by atoms with van der Waals surface area (Å²) in [6.07, 6.45) is 2.36. The van der Waals surface area contributed by atoms with Crippen LogP contribution in [0.25, 0.3) is 0 Å². The van der Waals surface area contributed by atoms with Crippen molar-refractivity contribution in [1.82, 2.24) is 15.5 Å². The van der Waals surface area contributed by atoms with Crippen molar-refractivity contribution in [3.05, 3.63) is 0 Å². The topological polar surface area (TPSA) is 48.9 Å². The van der Waals surface area contributed by atoms with Gasteiger partial charge < -0.3 is 15.4 Å². The number of nitrogens with zero attached hydrogens (tertiary/aromatic N) is 2. The standard InChI is InChI=1S/C14H30N4OS/c1-12(2)10-18-6-7-19-13(11-18)9-17-14(15-3)16-5-8-20-4/h12-13H,5-11H2,1-4H3,(H2,15,16,17). The number of guanidine groups is 1. The van der Waals surface area contributed by atoms with Gasteiger partial charge in [-0.25, -0.2) is 0 Å². The van der Waals surface area contributed by atoms with E-state index >= 15 is 0 Å². The van der Waals surface area contributed by atoms with Gasteiger partial charge in [0, 0.05) is 45.5 Å². The molecule has 1 rings (SSSR count). The van der Waals surface area contributed by atoms with E-state index < -0.39 is 0 Å². The van der Waals surface area contributed by atoms with Crippen LogP contribution in [0.5, 0.6) is 0 Å². The van der Waals surface area contributed by atoms with Crippen molar-refractivity contribution < 1.29 is 4.74 Å². The molecule has 1 unspecified atom stereocenters.